The van der Waals surface area contributed by atoms with Gasteiger partial charge in [0.25, 0.3) is 0 Å². The molecule has 2 heterocycles. The second-order valence-electron chi connectivity index (χ2n) is 4.83. The van der Waals surface area contributed by atoms with Crippen LogP contribution >= 0.6 is 23.1 Å². The zero-order chi connectivity index (χ0) is 17.7. The zero-order valence-corrected chi connectivity index (χ0v) is 14.2. The predicted molar refractivity (Wildman–Crippen MR) is 84.7 cm³/mol. The second kappa shape index (κ2) is 7.99. The molecule has 0 radical (unpaired) electrons. The highest BCUT2D eigenvalue weighted by Gasteiger charge is 2.37. The molecule has 132 valence electrons. The summed E-state index contributed by atoms with van der Waals surface area (Å²) in [7, 11) is 1.77. The van der Waals surface area contributed by atoms with E-state index in [0.29, 0.717) is 11.0 Å². The van der Waals surface area contributed by atoms with Gasteiger partial charge in [0, 0.05) is 13.6 Å². The average Bonchev–Trinajstić information content (AvgIpc) is 3.13. The van der Waals surface area contributed by atoms with Crippen molar-refractivity contribution in [3.05, 3.63) is 17.5 Å². The number of thiophene rings is 1. The molecule has 6 nitrogen and oxygen atoms in total. The molecule has 1 atom stereocenters. The lowest BCUT2D eigenvalue weighted by Gasteiger charge is -2.14. The molecule has 0 fully saturated rings. The number of hydrogen-bond acceptors (Lipinski definition) is 6. The second-order valence-corrected chi connectivity index (χ2v) is 6.72. The Morgan fingerprint density at radius 3 is 2.88 bits per heavy atom. The summed E-state index contributed by atoms with van der Waals surface area (Å²) in [4.78, 5) is 12.6. The number of aromatic nitrogens is 3. The molecule has 11 heteroatoms. The van der Waals surface area contributed by atoms with E-state index in [1.165, 1.54) is 11.3 Å². The molecule has 1 unspecified atom stereocenters. The van der Waals surface area contributed by atoms with E-state index in [9.17, 15) is 18.0 Å². The van der Waals surface area contributed by atoms with Crippen molar-refractivity contribution in [2.75, 3.05) is 12.3 Å². The molecular weight excluding hydrogens is 365 g/mol. The number of alkyl halides is 3. The van der Waals surface area contributed by atoms with Gasteiger partial charge in [-0.2, -0.15) is 13.2 Å². The van der Waals surface area contributed by atoms with E-state index in [2.05, 4.69) is 15.5 Å². The summed E-state index contributed by atoms with van der Waals surface area (Å²) in [6.07, 6.45) is -7.68. The molecule has 0 saturated heterocycles. The predicted octanol–water partition coefficient (Wildman–Crippen LogP) is 2.07. The number of carbonyl (C=O) groups is 1. The van der Waals surface area contributed by atoms with Crippen LogP contribution in [-0.4, -0.2) is 50.4 Å². The fourth-order valence-electron chi connectivity index (χ4n) is 1.75. The minimum Gasteiger partial charge on any atom is -0.384 e. The van der Waals surface area contributed by atoms with Gasteiger partial charge in [-0.05, 0) is 17.9 Å². The lowest BCUT2D eigenvalue weighted by atomic mass is 10.2. The van der Waals surface area contributed by atoms with Gasteiger partial charge < -0.3 is 15.0 Å². The maximum Gasteiger partial charge on any atom is 0.414 e. The molecule has 1 amide bonds. The Morgan fingerprint density at radius 2 is 2.25 bits per heavy atom. The zero-order valence-electron chi connectivity index (χ0n) is 12.6. The van der Waals surface area contributed by atoms with Crippen molar-refractivity contribution in [2.24, 2.45) is 7.05 Å². The molecule has 24 heavy (non-hydrogen) atoms. The van der Waals surface area contributed by atoms with Gasteiger partial charge in [0.05, 0.1) is 10.6 Å². The molecule has 2 rings (SSSR count). The smallest absolute Gasteiger partial charge is 0.384 e. The number of halogens is 3. The van der Waals surface area contributed by atoms with Crippen molar-refractivity contribution in [3.63, 3.8) is 0 Å². The molecule has 0 aliphatic heterocycles. The number of thioether (sulfide) groups is 1. The molecule has 0 aromatic carbocycles. The fraction of sp³-hybridized carbons (Fsp3) is 0.462. The summed E-state index contributed by atoms with van der Waals surface area (Å²) in [6.45, 7) is -0.251. The first kappa shape index (κ1) is 18.7. The highest BCUT2D eigenvalue weighted by Crippen LogP contribution is 2.26. The summed E-state index contributed by atoms with van der Waals surface area (Å²) >= 11 is 2.65. The van der Waals surface area contributed by atoms with E-state index in [4.69, 9.17) is 5.11 Å². The van der Waals surface area contributed by atoms with Crippen molar-refractivity contribution in [1.29, 1.82) is 0 Å². The van der Waals surface area contributed by atoms with E-state index in [1.54, 1.807) is 11.6 Å². The summed E-state index contributed by atoms with van der Waals surface area (Å²) in [5.74, 6) is 0.245. The number of aliphatic hydroxyl groups excluding tert-OH is 1. The van der Waals surface area contributed by atoms with Gasteiger partial charge in [-0.15, -0.1) is 21.5 Å². The summed E-state index contributed by atoms with van der Waals surface area (Å²) < 4.78 is 38.1. The molecular formula is C13H15F3N4O2S2. The van der Waals surface area contributed by atoms with Crippen LogP contribution in [0, 0.1) is 0 Å². The van der Waals surface area contributed by atoms with Crippen molar-refractivity contribution in [2.45, 2.75) is 23.9 Å². The molecule has 0 aliphatic carbocycles. The van der Waals surface area contributed by atoms with Crippen LogP contribution in [0.25, 0.3) is 10.7 Å². The Morgan fingerprint density at radius 1 is 1.50 bits per heavy atom. The van der Waals surface area contributed by atoms with E-state index in [0.717, 1.165) is 16.6 Å². The maximum absolute atomic E-state index is 12.1. The monoisotopic (exact) mass is 380 g/mol. The van der Waals surface area contributed by atoms with Crippen molar-refractivity contribution < 1.29 is 23.1 Å². The summed E-state index contributed by atoms with van der Waals surface area (Å²) in [6, 6.07) is 3.80. The first-order valence-electron chi connectivity index (χ1n) is 6.86. The average molecular weight is 380 g/mol. The van der Waals surface area contributed by atoms with Gasteiger partial charge in [-0.25, -0.2) is 0 Å². The van der Waals surface area contributed by atoms with Crippen LogP contribution in [0.5, 0.6) is 0 Å². The van der Waals surface area contributed by atoms with Gasteiger partial charge in [0.15, 0.2) is 17.1 Å². The van der Waals surface area contributed by atoms with E-state index >= 15 is 0 Å². The number of hydrogen-bond donors (Lipinski definition) is 2. The lowest BCUT2D eigenvalue weighted by Crippen LogP contribution is -2.34. The minimum absolute atomic E-state index is 0.00146. The number of rotatable bonds is 7. The van der Waals surface area contributed by atoms with Crippen molar-refractivity contribution >= 4 is 29.0 Å². The third-order valence-corrected chi connectivity index (χ3v) is 4.91. The van der Waals surface area contributed by atoms with Crippen LogP contribution in [0.1, 0.15) is 6.42 Å². The molecule has 0 aliphatic rings. The Balaban J connectivity index is 1.78. The lowest BCUT2D eigenvalue weighted by molar-refractivity contribution is -0.205. The van der Waals surface area contributed by atoms with E-state index in [-0.39, 0.29) is 12.3 Å². The van der Waals surface area contributed by atoms with Crippen LogP contribution in [0.3, 0.4) is 0 Å². The quantitative estimate of drug-likeness (QED) is 0.719. The van der Waals surface area contributed by atoms with Gasteiger partial charge in [0.2, 0.25) is 5.91 Å². The third kappa shape index (κ3) is 4.95. The standard InChI is InChI=1S/C13H15F3N4O2S2/c1-20-11(8-3-2-6-23-8)18-19-12(20)24-7-10(22)17-5-4-9(21)13(14,15)16/h2-3,6,9,21H,4-5,7H2,1H3,(H,17,22). The highest BCUT2D eigenvalue weighted by atomic mass is 32.2. The summed E-state index contributed by atoms with van der Waals surface area (Å²) in [5.41, 5.74) is 0. The van der Waals surface area contributed by atoms with Crippen LogP contribution in [0.2, 0.25) is 0 Å². The fourth-order valence-corrected chi connectivity index (χ4v) is 3.24. The Hall–Kier alpha value is -1.59. The topological polar surface area (TPSA) is 80.0 Å². The van der Waals surface area contributed by atoms with Gasteiger partial charge in [0.1, 0.15) is 0 Å². The third-order valence-electron chi connectivity index (χ3n) is 3.03. The summed E-state index contributed by atoms with van der Waals surface area (Å²) in [5, 5.41) is 21.7. The molecule has 2 aromatic heterocycles. The van der Waals surface area contributed by atoms with Crippen molar-refractivity contribution in [3.8, 4) is 10.7 Å². The van der Waals surface area contributed by atoms with Crippen LogP contribution < -0.4 is 5.32 Å². The number of aliphatic hydroxyl groups is 1. The highest BCUT2D eigenvalue weighted by molar-refractivity contribution is 7.99. The van der Waals surface area contributed by atoms with Gasteiger partial charge in [-0.3, -0.25) is 4.79 Å². The normalized spacial score (nSPS) is 13.0. The van der Waals surface area contributed by atoms with Crippen LogP contribution in [-0.2, 0) is 11.8 Å². The molecule has 0 bridgehead atoms. The number of nitrogens with zero attached hydrogens (tertiary/aromatic N) is 3. The first-order valence-corrected chi connectivity index (χ1v) is 8.73. The van der Waals surface area contributed by atoms with Crippen molar-refractivity contribution in [1.82, 2.24) is 20.1 Å². The molecule has 2 aromatic rings. The molecule has 0 spiro atoms. The number of carbonyl (C=O) groups excluding carboxylic acids is 1. The largest absolute Gasteiger partial charge is 0.414 e. The molecule has 2 N–H and O–H groups in total. The first-order chi connectivity index (χ1) is 11.3. The van der Waals surface area contributed by atoms with E-state index in [1.807, 2.05) is 17.5 Å². The minimum atomic E-state index is -4.67. The Labute approximate surface area is 144 Å². The Bertz CT molecular complexity index is 673. The van der Waals surface area contributed by atoms with Gasteiger partial charge >= 0.3 is 6.18 Å². The SMILES string of the molecule is Cn1c(SCC(=O)NCCC(O)C(F)(F)F)nnc1-c1cccs1. The Kier molecular flexibility index (Phi) is 6.24. The van der Waals surface area contributed by atoms with Gasteiger partial charge in [-0.1, -0.05) is 17.8 Å². The van der Waals surface area contributed by atoms with E-state index < -0.39 is 24.6 Å². The maximum atomic E-state index is 12.1. The van der Waals surface area contributed by atoms with Crippen LogP contribution in [0.15, 0.2) is 22.7 Å². The number of amides is 1. The van der Waals surface area contributed by atoms with Crippen LogP contribution in [0.4, 0.5) is 13.2 Å². The number of nitrogens with one attached hydrogen (secondary N) is 1. The molecule has 0 saturated carbocycles.